The highest BCUT2D eigenvalue weighted by atomic mass is 32.2. The number of rotatable bonds is 4. The molecule has 0 aliphatic carbocycles. The SMILES string of the molecule is C[C@H](N=C(N)SCc1ccc(C#N)cc1)c1ccccc1. The topological polar surface area (TPSA) is 62.2 Å². The summed E-state index contributed by atoms with van der Waals surface area (Å²) in [4.78, 5) is 4.50. The summed E-state index contributed by atoms with van der Waals surface area (Å²) < 4.78 is 0. The Labute approximate surface area is 129 Å². The molecule has 0 bridgehead atoms. The van der Waals surface area contributed by atoms with Crippen LogP contribution in [-0.2, 0) is 5.75 Å². The molecule has 0 amide bonds. The van der Waals surface area contributed by atoms with Crippen molar-refractivity contribution in [3.05, 3.63) is 71.3 Å². The quantitative estimate of drug-likeness (QED) is 0.688. The molecule has 0 aliphatic heterocycles. The summed E-state index contributed by atoms with van der Waals surface area (Å²) in [6, 6.07) is 19.8. The minimum Gasteiger partial charge on any atom is -0.379 e. The van der Waals surface area contributed by atoms with Crippen LogP contribution in [0, 0.1) is 11.3 Å². The van der Waals surface area contributed by atoms with Gasteiger partial charge in [0.25, 0.3) is 0 Å². The normalized spacial score (nSPS) is 12.7. The molecule has 0 saturated carbocycles. The van der Waals surface area contributed by atoms with Crippen molar-refractivity contribution >= 4 is 16.9 Å². The smallest absolute Gasteiger partial charge is 0.154 e. The highest BCUT2D eigenvalue weighted by Gasteiger charge is 2.04. The molecule has 2 N–H and O–H groups in total. The number of amidine groups is 1. The molecule has 2 aromatic carbocycles. The summed E-state index contributed by atoms with van der Waals surface area (Å²) in [5.74, 6) is 0.753. The molecule has 0 spiro atoms. The van der Waals surface area contributed by atoms with E-state index < -0.39 is 0 Å². The van der Waals surface area contributed by atoms with Gasteiger partial charge < -0.3 is 5.73 Å². The van der Waals surface area contributed by atoms with Gasteiger partial charge in [0.1, 0.15) is 0 Å². The fourth-order valence-corrected chi connectivity index (χ4v) is 2.61. The molecule has 2 aromatic rings. The average molecular weight is 295 g/mol. The molecular formula is C17H17N3S. The van der Waals surface area contributed by atoms with Crippen LogP contribution in [0.2, 0.25) is 0 Å². The van der Waals surface area contributed by atoms with Crippen molar-refractivity contribution in [3.63, 3.8) is 0 Å². The fraction of sp³-hybridized carbons (Fsp3) is 0.176. The second-order valence-corrected chi connectivity index (χ2v) is 5.65. The summed E-state index contributed by atoms with van der Waals surface area (Å²) in [6.07, 6.45) is 0. The van der Waals surface area contributed by atoms with Gasteiger partial charge in [-0.2, -0.15) is 5.26 Å². The van der Waals surface area contributed by atoms with Crippen molar-refractivity contribution in [3.8, 4) is 6.07 Å². The summed E-state index contributed by atoms with van der Waals surface area (Å²) in [7, 11) is 0. The molecule has 2 rings (SSSR count). The van der Waals surface area contributed by atoms with Gasteiger partial charge in [-0.05, 0) is 30.2 Å². The minimum absolute atomic E-state index is 0.0552. The van der Waals surface area contributed by atoms with Gasteiger partial charge in [0.05, 0.1) is 17.7 Å². The predicted octanol–water partition coefficient (Wildman–Crippen LogP) is 3.87. The van der Waals surface area contributed by atoms with Crippen molar-refractivity contribution < 1.29 is 0 Å². The first-order valence-corrected chi connectivity index (χ1v) is 7.67. The molecule has 0 fully saturated rings. The zero-order valence-corrected chi connectivity index (χ0v) is 12.7. The van der Waals surface area contributed by atoms with E-state index in [9.17, 15) is 0 Å². The van der Waals surface area contributed by atoms with Crippen LogP contribution in [0.3, 0.4) is 0 Å². The standard InChI is InChI=1S/C17H17N3S/c1-13(16-5-3-2-4-6-16)20-17(19)21-12-15-9-7-14(11-18)8-10-15/h2-10,13H,12H2,1H3,(H2,19,20)/t13-/m0/s1. The lowest BCUT2D eigenvalue weighted by atomic mass is 10.1. The van der Waals surface area contributed by atoms with Crippen molar-refractivity contribution in [2.75, 3.05) is 0 Å². The van der Waals surface area contributed by atoms with E-state index >= 15 is 0 Å². The van der Waals surface area contributed by atoms with Crippen LogP contribution in [0.15, 0.2) is 59.6 Å². The van der Waals surface area contributed by atoms with Gasteiger partial charge in [-0.3, -0.25) is 4.99 Å². The van der Waals surface area contributed by atoms with Crippen molar-refractivity contribution in [2.45, 2.75) is 18.7 Å². The second-order valence-electron chi connectivity index (χ2n) is 4.65. The van der Waals surface area contributed by atoms with Gasteiger partial charge in [-0.1, -0.05) is 54.2 Å². The van der Waals surface area contributed by atoms with E-state index in [1.165, 1.54) is 11.8 Å². The number of thioether (sulfide) groups is 1. The van der Waals surface area contributed by atoms with E-state index in [1.54, 1.807) is 0 Å². The van der Waals surface area contributed by atoms with Crippen molar-refractivity contribution in [2.24, 2.45) is 10.7 Å². The molecule has 3 nitrogen and oxygen atoms in total. The Kier molecular flexibility index (Phi) is 5.42. The Balaban J connectivity index is 1.93. The van der Waals surface area contributed by atoms with Crippen molar-refractivity contribution in [1.29, 1.82) is 5.26 Å². The average Bonchev–Trinajstić information content (AvgIpc) is 2.54. The lowest BCUT2D eigenvalue weighted by Gasteiger charge is -2.08. The molecule has 0 radical (unpaired) electrons. The van der Waals surface area contributed by atoms with E-state index in [4.69, 9.17) is 11.0 Å². The molecule has 0 unspecified atom stereocenters. The van der Waals surface area contributed by atoms with E-state index in [2.05, 4.69) is 11.1 Å². The van der Waals surface area contributed by atoms with Crippen LogP contribution >= 0.6 is 11.8 Å². The first kappa shape index (κ1) is 15.1. The first-order valence-electron chi connectivity index (χ1n) is 6.69. The van der Waals surface area contributed by atoms with Crippen LogP contribution < -0.4 is 5.73 Å². The van der Waals surface area contributed by atoms with E-state index in [1.807, 2.05) is 61.5 Å². The molecule has 0 heterocycles. The lowest BCUT2D eigenvalue weighted by molar-refractivity contribution is 0.822. The van der Waals surface area contributed by atoms with Crippen LogP contribution in [0.4, 0.5) is 0 Å². The largest absolute Gasteiger partial charge is 0.379 e. The highest BCUT2D eigenvalue weighted by molar-refractivity contribution is 8.13. The summed E-state index contributed by atoms with van der Waals surface area (Å²) in [5.41, 5.74) is 8.93. The number of aliphatic imine (C=N–C) groups is 1. The number of nitrogens with two attached hydrogens (primary N) is 1. The van der Waals surface area contributed by atoms with Crippen LogP contribution in [-0.4, -0.2) is 5.17 Å². The predicted molar refractivity (Wildman–Crippen MR) is 88.9 cm³/mol. The van der Waals surface area contributed by atoms with Crippen LogP contribution in [0.1, 0.15) is 29.7 Å². The zero-order chi connectivity index (χ0) is 15.1. The van der Waals surface area contributed by atoms with E-state index in [0.717, 1.165) is 16.9 Å². The third-order valence-electron chi connectivity index (χ3n) is 3.07. The van der Waals surface area contributed by atoms with Crippen LogP contribution in [0.25, 0.3) is 0 Å². The Hall–Kier alpha value is -2.25. The Morgan fingerprint density at radius 1 is 1.19 bits per heavy atom. The molecule has 0 aliphatic rings. The number of hydrogen-bond donors (Lipinski definition) is 1. The molecule has 0 saturated heterocycles. The maximum atomic E-state index is 8.76. The minimum atomic E-state index is 0.0552. The maximum absolute atomic E-state index is 8.76. The number of nitriles is 1. The maximum Gasteiger partial charge on any atom is 0.154 e. The highest BCUT2D eigenvalue weighted by Crippen LogP contribution is 2.19. The van der Waals surface area contributed by atoms with Gasteiger partial charge >= 0.3 is 0 Å². The van der Waals surface area contributed by atoms with Gasteiger partial charge in [-0.15, -0.1) is 0 Å². The third kappa shape index (κ3) is 4.66. The summed E-state index contributed by atoms with van der Waals surface area (Å²) in [5, 5.41) is 9.34. The van der Waals surface area contributed by atoms with Gasteiger partial charge in [-0.25, -0.2) is 0 Å². The molecule has 1 atom stereocenters. The van der Waals surface area contributed by atoms with Gasteiger partial charge in [0.15, 0.2) is 5.17 Å². The molecule has 106 valence electrons. The summed E-state index contributed by atoms with van der Waals surface area (Å²) in [6.45, 7) is 2.03. The monoisotopic (exact) mass is 295 g/mol. The molecular weight excluding hydrogens is 278 g/mol. The fourth-order valence-electron chi connectivity index (χ4n) is 1.87. The van der Waals surface area contributed by atoms with Gasteiger partial charge in [0, 0.05) is 5.75 Å². The molecule has 21 heavy (non-hydrogen) atoms. The number of hydrogen-bond acceptors (Lipinski definition) is 3. The van der Waals surface area contributed by atoms with Crippen LogP contribution in [0.5, 0.6) is 0 Å². The summed E-state index contributed by atoms with van der Waals surface area (Å²) >= 11 is 1.51. The molecule has 0 aromatic heterocycles. The van der Waals surface area contributed by atoms with Crippen molar-refractivity contribution in [1.82, 2.24) is 0 Å². The Bertz CT molecular complexity index is 642. The van der Waals surface area contributed by atoms with E-state index in [-0.39, 0.29) is 6.04 Å². The Morgan fingerprint density at radius 3 is 2.48 bits per heavy atom. The Morgan fingerprint density at radius 2 is 1.86 bits per heavy atom. The third-order valence-corrected chi connectivity index (χ3v) is 3.95. The number of nitrogens with zero attached hydrogens (tertiary/aromatic N) is 2. The second kappa shape index (κ2) is 7.51. The first-order chi connectivity index (χ1) is 10.2. The molecule has 4 heteroatoms. The number of benzene rings is 2. The lowest BCUT2D eigenvalue weighted by Crippen LogP contribution is -2.09. The van der Waals surface area contributed by atoms with Gasteiger partial charge in [0.2, 0.25) is 0 Å². The zero-order valence-electron chi connectivity index (χ0n) is 11.9. The van der Waals surface area contributed by atoms with E-state index in [0.29, 0.717) is 10.7 Å².